The van der Waals surface area contributed by atoms with Gasteiger partial charge < -0.3 is 5.32 Å². The zero-order valence-electron chi connectivity index (χ0n) is 14.8. The third kappa shape index (κ3) is 2.15. The van der Waals surface area contributed by atoms with Crippen LogP contribution in [0.25, 0.3) is 10.8 Å². The summed E-state index contributed by atoms with van der Waals surface area (Å²) in [5, 5.41) is 6.65. The van der Waals surface area contributed by atoms with Crippen molar-refractivity contribution in [1.29, 1.82) is 0 Å². The van der Waals surface area contributed by atoms with Crippen LogP contribution in [0.15, 0.2) is 66.7 Å². The van der Waals surface area contributed by atoms with E-state index in [9.17, 15) is 0 Å². The van der Waals surface area contributed by atoms with E-state index in [-0.39, 0.29) is 0 Å². The second-order valence-electron chi connectivity index (χ2n) is 7.53. The van der Waals surface area contributed by atoms with Gasteiger partial charge in [0.05, 0.1) is 6.04 Å². The van der Waals surface area contributed by atoms with Gasteiger partial charge in [-0.3, -0.25) is 0 Å². The Labute approximate surface area is 149 Å². The first-order valence-electron chi connectivity index (χ1n) is 9.25. The van der Waals surface area contributed by atoms with E-state index in [1.807, 2.05) is 0 Å². The van der Waals surface area contributed by atoms with Crippen molar-refractivity contribution in [2.24, 2.45) is 5.92 Å². The van der Waals surface area contributed by atoms with Gasteiger partial charge in [0.15, 0.2) is 0 Å². The molecule has 1 heterocycles. The Hall–Kier alpha value is -2.54. The van der Waals surface area contributed by atoms with E-state index in [1.54, 1.807) is 0 Å². The van der Waals surface area contributed by atoms with Gasteiger partial charge in [-0.1, -0.05) is 66.7 Å². The molecule has 3 unspecified atom stereocenters. The largest absolute Gasteiger partial charge is 0.377 e. The minimum Gasteiger partial charge on any atom is -0.377 e. The molecule has 5 rings (SSSR count). The molecule has 0 bridgehead atoms. The van der Waals surface area contributed by atoms with E-state index < -0.39 is 0 Å². The number of rotatable bonds is 1. The summed E-state index contributed by atoms with van der Waals surface area (Å²) in [6, 6.07) is 20.4. The minimum atomic E-state index is 0.360. The molecule has 0 aromatic heterocycles. The molecule has 0 saturated heterocycles. The molecule has 0 spiro atoms. The molecule has 1 nitrogen and oxygen atoms in total. The van der Waals surface area contributed by atoms with E-state index in [2.05, 4.69) is 85.9 Å². The molecule has 124 valence electrons. The van der Waals surface area contributed by atoms with Crippen molar-refractivity contribution in [3.8, 4) is 0 Å². The third-order valence-corrected chi connectivity index (χ3v) is 6.10. The molecule has 2 aliphatic rings. The van der Waals surface area contributed by atoms with E-state index in [0.717, 1.165) is 6.42 Å². The topological polar surface area (TPSA) is 12.0 Å². The summed E-state index contributed by atoms with van der Waals surface area (Å²) in [4.78, 5) is 0. The standard InChI is InChI=1S/C24H23N/c1-15-13-14-16(2)23-22(15)19-10-6-12-21(19)24(25-23)20-11-5-8-17-7-3-4-9-18(17)20/h3-11,13-14,19,21,24-25H,12H2,1-2H3. The fourth-order valence-corrected chi connectivity index (χ4v) is 4.87. The molecule has 25 heavy (non-hydrogen) atoms. The Morgan fingerprint density at radius 2 is 1.68 bits per heavy atom. The maximum Gasteiger partial charge on any atom is 0.0560 e. The van der Waals surface area contributed by atoms with Gasteiger partial charge in [-0.2, -0.15) is 0 Å². The van der Waals surface area contributed by atoms with Crippen LogP contribution in [0.4, 0.5) is 5.69 Å². The summed E-state index contributed by atoms with van der Waals surface area (Å²) < 4.78 is 0. The van der Waals surface area contributed by atoms with E-state index in [1.165, 1.54) is 38.7 Å². The second kappa shape index (κ2) is 5.49. The molecule has 0 radical (unpaired) electrons. The Balaban J connectivity index is 1.72. The number of hydrogen-bond donors (Lipinski definition) is 1. The lowest BCUT2D eigenvalue weighted by Crippen LogP contribution is -2.30. The molecule has 1 aliphatic heterocycles. The minimum absolute atomic E-state index is 0.360. The van der Waals surface area contributed by atoms with Crippen molar-refractivity contribution >= 4 is 16.5 Å². The number of fused-ring (bicyclic) bond motifs is 4. The summed E-state index contributed by atoms with van der Waals surface area (Å²) in [7, 11) is 0. The van der Waals surface area contributed by atoms with Crippen molar-refractivity contribution < 1.29 is 0 Å². The highest BCUT2D eigenvalue weighted by molar-refractivity contribution is 5.87. The normalized spacial score (nSPS) is 24.0. The molecule has 1 N–H and O–H groups in total. The first-order chi connectivity index (χ1) is 12.2. The fraction of sp³-hybridized carbons (Fsp3) is 0.250. The lowest BCUT2D eigenvalue weighted by Gasteiger charge is -2.39. The van der Waals surface area contributed by atoms with Crippen LogP contribution in [0.1, 0.15) is 40.6 Å². The first kappa shape index (κ1) is 14.8. The molecule has 3 aromatic rings. The van der Waals surface area contributed by atoms with Gasteiger partial charge in [-0.05, 0) is 59.2 Å². The highest BCUT2D eigenvalue weighted by Gasteiger charge is 2.39. The van der Waals surface area contributed by atoms with Crippen LogP contribution in [-0.4, -0.2) is 0 Å². The molecule has 3 aromatic carbocycles. The smallest absolute Gasteiger partial charge is 0.0560 e. The monoisotopic (exact) mass is 325 g/mol. The van der Waals surface area contributed by atoms with Crippen LogP contribution in [0, 0.1) is 19.8 Å². The predicted octanol–water partition coefficient (Wildman–Crippen LogP) is 6.28. The Morgan fingerprint density at radius 1 is 0.880 bits per heavy atom. The Bertz CT molecular complexity index is 993. The number of hydrogen-bond acceptors (Lipinski definition) is 1. The number of anilines is 1. The quantitative estimate of drug-likeness (QED) is 0.519. The van der Waals surface area contributed by atoms with Crippen LogP contribution >= 0.6 is 0 Å². The summed E-state index contributed by atoms with van der Waals surface area (Å²) in [6.07, 6.45) is 5.97. The second-order valence-corrected chi connectivity index (χ2v) is 7.53. The van der Waals surface area contributed by atoms with Gasteiger partial charge >= 0.3 is 0 Å². The molecule has 0 saturated carbocycles. The van der Waals surface area contributed by atoms with Gasteiger partial charge in [0.1, 0.15) is 0 Å². The molecule has 1 heteroatoms. The van der Waals surface area contributed by atoms with Crippen molar-refractivity contribution in [2.75, 3.05) is 5.32 Å². The number of allylic oxidation sites excluding steroid dienone is 2. The average molecular weight is 325 g/mol. The molecular weight excluding hydrogens is 302 g/mol. The first-order valence-corrected chi connectivity index (χ1v) is 9.25. The summed E-state index contributed by atoms with van der Waals surface area (Å²) in [6.45, 7) is 4.48. The molecule has 0 amide bonds. The maximum atomic E-state index is 3.95. The highest BCUT2D eigenvalue weighted by Crippen LogP contribution is 2.52. The third-order valence-electron chi connectivity index (χ3n) is 6.10. The summed E-state index contributed by atoms with van der Waals surface area (Å²) >= 11 is 0. The van der Waals surface area contributed by atoms with Crippen molar-refractivity contribution in [1.82, 2.24) is 0 Å². The highest BCUT2D eigenvalue weighted by atomic mass is 15.0. The molecular formula is C24H23N. The Morgan fingerprint density at radius 3 is 2.60 bits per heavy atom. The van der Waals surface area contributed by atoms with Crippen molar-refractivity contribution in [3.05, 3.63) is 89.0 Å². The van der Waals surface area contributed by atoms with Gasteiger partial charge in [-0.15, -0.1) is 0 Å². The zero-order valence-corrected chi connectivity index (χ0v) is 14.8. The molecule has 3 atom stereocenters. The van der Waals surface area contributed by atoms with Gasteiger partial charge in [0.25, 0.3) is 0 Å². The van der Waals surface area contributed by atoms with E-state index in [0.29, 0.717) is 17.9 Å². The van der Waals surface area contributed by atoms with Gasteiger partial charge in [0.2, 0.25) is 0 Å². The van der Waals surface area contributed by atoms with Gasteiger partial charge in [-0.25, -0.2) is 0 Å². The van der Waals surface area contributed by atoms with Crippen molar-refractivity contribution in [3.63, 3.8) is 0 Å². The average Bonchev–Trinajstić information content (AvgIpc) is 3.13. The van der Waals surface area contributed by atoms with E-state index in [4.69, 9.17) is 0 Å². The maximum absolute atomic E-state index is 3.95. The van der Waals surface area contributed by atoms with Crippen LogP contribution in [0.5, 0.6) is 0 Å². The number of aryl methyl sites for hydroxylation is 2. The lowest BCUT2D eigenvalue weighted by molar-refractivity contribution is 0.426. The Kier molecular flexibility index (Phi) is 3.24. The van der Waals surface area contributed by atoms with Crippen LogP contribution in [-0.2, 0) is 0 Å². The fourth-order valence-electron chi connectivity index (χ4n) is 4.87. The predicted molar refractivity (Wildman–Crippen MR) is 106 cm³/mol. The number of benzene rings is 3. The summed E-state index contributed by atoms with van der Waals surface area (Å²) in [5.41, 5.74) is 7.06. The lowest BCUT2D eigenvalue weighted by atomic mass is 9.74. The SMILES string of the molecule is Cc1ccc(C)c2c1NC(c1cccc3ccccc13)C1CC=CC21. The summed E-state index contributed by atoms with van der Waals surface area (Å²) in [5.74, 6) is 1.12. The van der Waals surface area contributed by atoms with Crippen molar-refractivity contribution in [2.45, 2.75) is 32.2 Å². The number of nitrogens with one attached hydrogen (secondary N) is 1. The van der Waals surface area contributed by atoms with Crippen LogP contribution < -0.4 is 5.32 Å². The van der Waals surface area contributed by atoms with Gasteiger partial charge in [0, 0.05) is 11.6 Å². The molecule has 1 aliphatic carbocycles. The molecule has 0 fully saturated rings. The van der Waals surface area contributed by atoms with Crippen LogP contribution in [0.2, 0.25) is 0 Å². The van der Waals surface area contributed by atoms with E-state index >= 15 is 0 Å². The van der Waals surface area contributed by atoms with Crippen LogP contribution in [0.3, 0.4) is 0 Å². The zero-order chi connectivity index (χ0) is 17.0.